The summed E-state index contributed by atoms with van der Waals surface area (Å²) in [4.78, 5) is 9.55. The number of sulfone groups is 1. The highest BCUT2D eigenvalue weighted by atomic mass is 35.5. The van der Waals surface area contributed by atoms with Crippen molar-refractivity contribution in [3.63, 3.8) is 0 Å². The van der Waals surface area contributed by atoms with E-state index in [0.29, 0.717) is 0 Å². The normalized spacial score (nSPS) is 11.2. The van der Waals surface area contributed by atoms with Crippen LogP contribution in [0, 0.1) is 10.1 Å². The van der Waals surface area contributed by atoms with Gasteiger partial charge in [0.05, 0.1) is 9.82 Å². The van der Waals surface area contributed by atoms with Crippen LogP contribution in [0.4, 0.5) is 5.69 Å². The van der Waals surface area contributed by atoms with Gasteiger partial charge in [0.15, 0.2) is 9.84 Å². The van der Waals surface area contributed by atoms with Crippen molar-refractivity contribution in [1.29, 1.82) is 0 Å². The summed E-state index contributed by atoms with van der Waals surface area (Å²) in [6, 6.07) is 4.77. The Morgan fingerprint density at radius 3 is 2.57 bits per heavy atom. The quantitative estimate of drug-likeness (QED) is 0.453. The number of benzene rings is 1. The highest BCUT2D eigenvalue weighted by molar-refractivity contribution is 7.92. The van der Waals surface area contributed by atoms with Gasteiger partial charge >= 0.3 is 0 Å². The molecule has 0 atom stereocenters. The van der Waals surface area contributed by atoms with Crippen molar-refractivity contribution in [2.24, 2.45) is 0 Å². The predicted octanol–water partition coefficient (Wildman–Crippen LogP) is 1.56. The molecular weight excluding hydrogens is 230 g/mol. The maximum atomic E-state index is 11.2. The number of rotatable bonds is 3. The Balaban J connectivity index is 3.26. The molecule has 0 N–H and O–H groups in total. The van der Waals surface area contributed by atoms with E-state index in [1.165, 1.54) is 18.2 Å². The van der Waals surface area contributed by atoms with Gasteiger partial charge in [0, 0.05) is 12.1 Å². The summed E-state index contributed by atoms with van der Waals surface area (Å²) in [5.74, 6) is 0. The van der Waals surface area contributed by atoms with Gasteiger partial charge in [-0.1, -0.05) is 6.07 Å². The van der Waals surface area contributed by atoms with Crippen LogP contribution in [0.3, 0.4) is 0 Å². The first-order valence-electron chi connectivity index (χ1n) is 3.50. The van der Waals surface area contributed by atoms with Crippen molar-refractivity contribution in [3.05, 3.63) is 34.4 Å². The van der Waals surface area contributed by atoms with E-state index in [1.807, 2.05) is 0 Å². The molecule has 1 rings (SSSR count). The number of alkyl halides is 1. The summed E-state index contributed by atoms with van der Waals surface area (Å²) in [5.41, 5.74) is -0.267. The molecule has 76 valence electrons. The monoisotopic (exact) mass is 235 g/mol. The second-order valence-corrected chi connectivity index (χ2v) is 5.05. The summed E-state index contributed by atoms with van der Waals surface area (Å²) >= 11 is 5.20. The molecule has 0 amide bonds. The van der Waals surface area contributed by atoms with Crippen molar-refractivity contribution in [2.45, 2.75) is 4.90 Å². The summed E-state index contributed by atoms with van der Waals surface area (Å²) < 4.78 is 22.4. The maximum Gasteiger partial charge on any atom is 0.270 e. The highest BCUT2D eigenvalue weighted by Gasteiger charge is 2.15. The topological polar surface area (TPSA) is 77.3 Å². The van der Waals surface area contributed by atoms with Crippen molar-refractivity contribution in [3.8, 4) is 0 Å². The maximum absolute atomic E-state index is 11.2. The molecular formula is C7H6ClNO4S. The second-order valence-electron chi connectivity index (χ2n) is 2.48. The molecule has 7 heteroatoms. The zero-order chi connectivity index (χ0) is 10.8. The van der Waals surface area contributed by atoms with E-state index in [4.69, 9.17) is 11.6 Å². The SMILES string of the molecule is O=[N+]([O-])c1cccc(S(=O)(=O)CCl)c1. The molecule has 0 aromatic heterocycles. The van der Waals surface area contributed by atoms with Gasteiger partial charge in [-0.3, -0.25) is 10.1 Å². The van der Waals surface area contributed by atoms with Gasteiger partial charge in [-0.25, -0.2) is 8.42 Å². The highest BCUT2D eigenvalue weighted by Crippen LogP contribution is 2.18. The van der Waals surface area contributed by atoms with Crippen LogP contribution in [0.5, 0.6) is 0 Å². The van der Waals surface area contributed by atoms with Crippen LogP contribution in [0.15, 0.2) is 29.2 Å². The number of non-ortho nitro benzene ring substituents is 1. The third-order valence-electron chi connectivity index (χ3n) is 1.53. The Morgan fingerprint density at radius 1 is 1.43 bits per heavy atom. The van der Waals surface area contributed by atoms with E-state index in [1.54, 1.807) is 0 Å². The fourth-order valence-corrected chi connectivity index (χ4v) is 1.94. The summed E-state index contributed by atoms with van der Waals surface area (Å²) in [7, 11) is -3.59. The first-order valence-corrected chi connectivity index (χ1v) is 5.69. The molecule has 0 bridgehead atoms. The molecule has 0 saturated heterocycles. The zero-order valence-electron chi connectivity index (χ0n) is 6.88. The fraction of sp³-hybridized carbons (Fsp3) is 0.143. The Morgan fingerprint density at radius 2 is 2.07 bits per heavy atom. The van der Waals surface area contributed by atoms with Crippen LogP contribution in [0.2, 0.25) is 0 Å². The van der Waals surface area contributed by atoms with Gasteiger partial charge in [-0.05, 0) is 6.07 Å². The number of halogens is 1. The van der Waals surface area contributed by atoms with Crippen molar-refractivity contribution < 1.29 is 13.3 Å². The van der Waals surface area contributed by atoms with Gasteiger partial charge in [-0.15, -0.1) is 11.6 Å². The average molecular weight is 236 g/mol. The Hall–Kier alpha value is -1.14. The molecule has 0 aliphatic rings. The predicted molar refractivity (Wildman–Crippen MR) is 51.0 cm³/mol. The minimum absolute atomic E-state index is 0.137. The Kier molecular flexibility index (Phi) is 3.07. The molecule has 14 heavy (non-hydrogen) atoms. The molecule has 0 saturated carbocycles. The van der Waals surface area contributed by atoms with Crippen LogP contribution in [0.1, 0.15) is 0 Å². The van der Waals surface area contributed by atoms with Crippen LogP contribution in [0.25, 0.3) is 0 Å². The Bertz CT molecular complexity index is 457. The molecule has 0 spiro atoms. The van der Waals surface area contributed by atoms with Crippen LogP contribution < -0.4 is 0 Å². The number of nitro benzene ring substituents is 1. The first-order chi connectivity index (χ1) is 6.47. The molecule has 1 aromatic carbocycles. The average Bonchev–Trinajstić information content (AvgIpc) is 2.18. The van der Waals surface area contributed by atoms with E-state index >= 15 is 0 Å². The number of nitrogens with zero attached hydrogens (tertiary/aromatic N) is 1. The molecule has 5 nitrogen and oxygen atoms in total. The minimum atomic E-state index is -3.59. The fourth-order valence-electron chi connectivity index (χ4n) is 0.854. The third kappa shape index (κ3) is 2.21. The van der Waals surface area contributed by atoms with Gasteiger partial charge in [0.2, 0.25) is 0 Å². The van der Waals surface area contributed by atoms with Gasteiger partial charge in [0.1, 0.15) is 5.21 Å². The number of hydrogen-bond donors (Lipinski definition) is 0. The van der Waals surface area contributed by atoms with Crippen LogP contribution in [-0.2, 0) is 9.84 Å². The standard InChI is InChI=1S/C7H6ClNO4S/c8-5-14(12,13)7-3-1-2-6(4-7)9(10)11/h1-4H,5H2. The van der Waals surface area contributed by atoms with Crippen LogP contribution in [-0.4, -0.2) is 18.6 Å². The lowest BCUT2D eigenvalue weighted by Crippen LogP contribution is -2.02. The molecule has 0 aliphatic heterocycles. The summed E-state index contributed by atoms with van der Waals surface area (Å²) in [5, 5.41) is 9.76. The van der Waals surface area contributed by atoms with Gasteiger partial charge < -0.3 is 0 Å². The lowest BCUT2D eigenvalue weighted by Gasteiger charge is -1.98. The largest absolute Gasteiger partial charge is 0.270 e. The molecule has 0 fully saturated rings. The summed E-state index contributed by atoms with van der Waals surface area (Å²) in [6.45, 7) is 0. The molecule has 0 heterocycles. The van der Waals surface area contributed by atoms with E-state index in [2.05, 4.69) is 0 Å². The van der Waals surface area contributed by atoms with Crippen molar-refractivity contribution in [1.82, 2.24) is 0 Å². The minimum Gasteiger partial charge on any atom is -0.258 e. The van der Waals surface area contributed by atoms with E-state index in [0.717, 1.165) is 6.07 Å². The Labute approximate surface area is 85.4 Å². The lowest BCUT2D eigenvalue weighted by atomic mass is 10.3. The van der Waals surface area contributed by atoms with Crippen molar-refractivity contribution >= 4 is 27.1 Å². The van der Waals surface area contributed by atoms with Gasteiger partial charge in [-0.2, -0.15) is 0 Å². The molecule has 0 radical (unpaired) electrons. The molecule has 0 aliphatic carbocycles. The number of hydrogen-bond acceptors (Lipinski definition) is 4. The van der Waals surface area contributed by atoms with E-state index < -0.39 is 20.0 Å². The first kappa shape index (κ1) is 10.9. The zero-order valence-corrected chi connectivity index (χ0v) is 8.46. The second kappa shape index (κ2) is 3.93. The summed E-state index contributed by atoms with van der Waals surface area (Å²) in [6.07, 6.45) is 0. The smallest absolute Gasteiger partial charge is 0.258 e. The molecule has 1 aromatic rings. The number of nitro groups is 1. The van der Waals surface area contributed by atoms with Crippen LogP contribution >= 0.6 is 11.6 Å². The molecule has 0 unspecified atom stereocenters. The lowest BCUT2D eigenvalue weighted by molar-refractivity contribution is -0.385. The van der Waals surface area contributed by atoms with E-state index in [9.17, 15) is 18.5 Å². The van der Waals surface area contributed by atoms with Gasteiger partial charge in [0.25, 0.3) is 5.69 Å². The third-order valence-corrected chi connectivity index (χ3v) is 3.65. The van der Waals surface area contributed by atoms with E-state index in [-0.39, 0.29) is 10.6 Å². The van der Waals surface area contributed by atoms with Crippen molar-refractivity contribution in [2.75, 3.05) is 5.21 Å².